The second kappa shape index (κ2) is 7.95. The number of hydrogen-bond donors (Lipinski definition) is 2. The molecule has 2 atom stereocenters. The van der Waals surface area contributed by atoms with Gasteiger partial charge in [0.05, 0.1) is 0 Å². The Morgan fingerprint density at radius 2 is 2.05 bits per heavy atom. The zero-order valence-electron chi connectivity index (χ0n) is 12.3. The van der Waals surface area contributed by atoms with Crippen molar-refractivity contribution in [3.63, 3.8) is 0 Å². The summed E-state index contributed by atoms with van der Waals surface area (Å²) in [5.41, 5.74) is 6.98. The molecule has 0 aliphatic carbocycles. The van der Waals surface area contributed by atoms with Crippen molar-refractivity contribution in [2.24, 2.45) is 11.7 Å². The number of rotatable bonds is 8. The molecule has 1 amide bonds. The molecule has 1 aromatic rings. The summed E-state index contributed by atoms with van der Waals surface area (Å²) in [6, 6.07) is 8.06. The van der Waals surface area contributed by atoms with Crippen LogP contribution >= 0.6 is 0 Å². The van der Waals surface area contributed by atoms with E-state index in [9.17, 15) is 4.79 Å². The Morgan fingerprint density at radius 3 is 2.63 bits per heavy atom. The van der Waals surface area contributed by atoms with E-state index in [-0.39, 0.29) is 5.91 Å². The molecular weight excluding hydrogens is 236 g/mol. The lowest BCUT2D eigenvalue weighted by Gasteiger charge is -2.20. The average Bonchev–Trinajstić information content (AvgIpc) is 2.43. The summed E-state index contributed by atoms with van der Waals surface area (Å²) >= 11 is 0. The Balaban J connectivity index is 2.54. The Labute approximate surface area is 116 Å². The van der Waals surface area contributed by atoms with Crippen molar-refractivity contribution >= 4 is 5.91 Å². The van der Waals surface area contributed by atoms with Crippen LogP contribution in [0, 0.1) is 5.92 Å². The number of carbonyl (C=O) groups excluding carboxylic acids is 1. The van der Waals surface area contributed by atoms with Crippen LogP contribution in [0.5, 0.6) is 0 Å². The van der Waals surface area contributed by atoms with E-state index < -0.39 is 0 Å². The van der Waals surface area contributed by atoms with E-state index in [1.807, 2.05) is 18.2 Å². The van der Waals surface area contributed by atoms with Crippen LogP contribution in [0.4, 0.5) is 0 Å². The monoisotopic (exact) mass is 262 g/mol. The van der Waals surface area contributed by atoms with Crippen LogP contribution in [0.15, 0.2) is 24.3 Å². The predicted octanol–water partition coefficient (Wildman–Crippen LogP) is 3.09. The first-order valence-corrected chi connectivity index (χ1v) is 7.18. The van der Waals surface area contributed by atoms with Gasteiger partial charge in [-0.2, -0.15) is 0 Å². The van der Waals surface area contributed by atoms with Crippen LogP contribution in [-0.4, -0.2) is 11.9 Å². The molecule has 3 heteroatoms. The van der Waals surface area contributed by atoms with E-state index in [2.05, 4.69) is 26.1 Å². The maximum atomic E-state index is 11.1. The molecule has 2 unspecified atom stereocenters. The van der Waals surface area contributed by atoms with E-state index >= 15 is 0 Å². The Hall–Kier alpha value is -1.35. The summed E-state index contributed by atoms with van der Waals surface area (Å²) < 4.78 is 0. The van der Waals surface area contributed by atoms with Gasteiger partial charge in [0.2, 0.25) is 5.91 Å². The molecule has 3 nitrogen and oxygen atoms in total. The van der Waals surface area contributed by atoms with Crippen LogP contribution in [0.3, 0.4) is 0 Å². The van der Waals surface area contributed by atoms with Crippen molar-refractivity contribution in [1.82, 2.24) is 5.32 Å². The topological polar surface area (TPSA) is 55.1 Å². The average molecular weight is 262 g/mol. The van der Waals surface area contributed by atoms with E-state index in [1.165, 1.54) is 12.8 Å². The normalized spacial score (nSPS) is 14.1. The van der Waals surface area contributed by atoms with Crippen molar-refractivity contribution in [2.45, 2.75) is 52.6 Å². The maximum Gasteiger partial charge on any atom is 0.248 e. The highest BCUT2D eigenvalue weighted by Crippen LogP contribution is 2.13. The first-order chi connectivity index (χ1) is 9.06. The van der Waals surface area contributed by atoms with Gasteiger partial charge in [0.25, 0.3) is 0 Å². The lowest BCUT2D eigenvalue weighted by Crippen LogP contribution is -2.29. The molecule has 0 bridgehead atoms. The van der Waals surface area contributed by atoms with Crippen molar-refractivity contribution < 1.29 is 4.79 Å². The molecule has 106 valence electrons. The van der Waals surface area contributed by atoms with Gasteiger partial charge in [-0.15, -0.1) is 0 Å². The number of nitrogens with one attached hydrogen (secondary N) is 1. The highest BCUT2D eigenvalue weighted by atomic mass is 16.1. The molecule has 0 aromatic heterocycles. The zero-order valence-corrected chi connectivity index (χ0v) is 12.3. The fourth-order valence-corrected chi connectivity index (χ4v) is 2.14. The standard InChI is InChI=1S/C16H26N2O/c1-4-12(3)9-15(5-2)18-11-13-7-6-8-14(10-13)16(17)19/h6-8,10,12,15,18H,4-5,9,11H2,1-3H3,(H2,17,19). The number of carbonyl (C=O) groups is 1. The van der Waals surface area contributed by atoms with Gasteiger partial charge in [-0.1, -0.05) is 39.3 Å². The van der Waals surface area contributed by atoms with Crippen LogP contribution in [0.2, 0.25) is 0 Å². The molecule has 0 heterocycles. The predicted molar refractivity (Wildman–Crippen MR) is 80.0 cm³/mol. The molecule has 0 fully saturated rings. The van der Waals surface area contributed by atoms with Gasteiger partial charge < -0.3 is 11.1 Å². The summed E-state index contributed by atoms with van der Waals surface area (Å²) in [6.07, 6.45) is 3.54. The fraction of sp³-hybridized carbons (Fsp3) is 0.562. The third kappa shape index (κ3) is 5.43. The molecular formula is C16H26N2O. The second-order valence-electron chi connectivity index (χ2n) is 5.30. The van der Waals surface area contributed by atoms with E-state index in [1.54, 1.807) is 6.07 Å². The molecule has 0 saturated heterocycles. The first kappa shape index (κ1) is 15.7. The fourth-order valence-electron chi connectivity index (χ4n) is 2.14. The third-order valence-corrected chi connectivity index (χ3v) is 3.68. The maximum absolute atomic E-state index is 11.1. The summed E-state index contributed by atoms with van der Waals surface area (Å²) in [6.45, 7) is 7.52. The minimum absolute atomic E-state index is 0.367. The molecule has 1 rings (SSSR count). The second-order valence-corrected chi connectivity index (χ2v) is 5.30. The highest BCUT2D eigenvalue weighted by Gasteiger charge is 2.10. The number of primary amides is 1. The van der Waals surface area contributed by atoms with E-state index in [0.717, 1.165) is 24.4 Å². The molecule has 0 spiro atoms. The van der Waals surface area contributed by atoms with Gasteiger partial charge in [0.15, 0.2) is 0 Å². The largest absolute Gasteiger partial charge is 0.366 e. The third-order valence-electron chi connectivity index (χ3n) is 3.68. The summed E-state index contributed by atoms with van der Waals surface area (Å²) in [4.78, 5) is 11.1. The van der Waals surface area contributed by atoms with Gasteiger partial charge in [-0.25, -0.2) is 0 Å². The number of nitrogens with two attached hydrogens (primary N) is 1. The zero-order chi connectivity index (χ0) is 14.3. The van der Waals surface area contributed by atoms with Crippen molar-refractivity contribution in [3.8, 4) is 0 Å². The molecule has 0 saturated carbocycles. The minimum Gasteiger partial charge on any atom is -0.366 e. The van der Waals surface area contributed by atoms with Crippen LogP contribution < -0.4 is 11.1 Å². The lowest BCUT2D eigenvalue weighted by molar-refractivity contribution is 0.1000. The molecule has 0 aliphatic heterocycles. The van der Waals surface area contributed by atoms with Crippen LogP contribution in [0.1, 0.15) is 56.0 Å². The number of amides is 1. The smallest absolute Gasteiger partial charge is 0.248 e. The van der Waals surface area contributed by atoms with Crippen molar-refractivity contribution in [3.05, 3.63) is 35.4 Å². The lowest BCUT2D eigenvalue weighted by atomic mass is 9.97. The first-order valence-electron chi connectivity index (χ1n) is 7.18. The van der Waals surface area contributed by atoms with Gasteiger partial charge in [-0.3, -0.25) is 4.79 Å². The minimum atomic E-state index is -0.367. The molecule has 0 radical (unpaired) electrons. The highest BCUT2D eigenvalue weighted by molar-refractivity contribution is 5.92. The van der Waals surface area contributed by atoms with Gasteiger partial charge in [0, 0.05) is 18.2 Å². The Bertz CT molecular complexity index is 403. The van der Waals surface area contributed by atoms with Crippen molar-refractivity contribution in [1.29, 1.82) is 0 Å². The van der Waals surface area contributed by atoms with Crippen LogP contribution in [0.25, 0.3) is 0 Å². The van der Waals surface area contributed by atoms with Gasteiger partial charge >= 0.3 is 0 Å². The van der Waals surface area contributed by atoms with Crippen LogP contribution in [-0.2, 0) is 6.54 Å². The number of hydrogen-bond acceptors (Lipinski definition) is 2. The molecule has 0 aliphatic rings. The Morgan fingerprint density at radius 1 is 1.32 bits per heavy atom. The molecule has 3 N–H and O–H groups in total. The summed E-state index contributed by atoms with van der Waals surface area (Å²) in [5, 5.41) is 3.56. The van der Waals surface area contributed by atoms with Crippen molar-refractivity contribution in [2.75, 3.05) is 0 Å². The molecule has 19 heavy (non-hydrogen) atoms. The summed E-state index contributed by atoms with van der Waals surface area (Å²) in [7, 11) is 0. The summed E-state index contributed by atoms with van der Waals surface area (Å²) in [5.74, 6) is 0.378. The SMILES string of the molecule is CCC(C)CC(CC)NCc1cccc(C(N)=O)c1. The van der Waals surface area contributed by atoms with Gasteiger partial charge in [-0.05, 0) is 36.5 Å². The van der Waals surface area contributed by atoms with Gasteiger partial charge in [0.1, 0.15) is 0 Å². The Kier molecular flexibility index (Phi) is 6.57. The number of benzene rings is 1. The van der Waals surface area contributed by atoms with E-state index in [0.29, 0.717) is 11.6 Å². The van der Waals surface area contributed by atoms with E-state index in [4.69, 9.17) is 5.73 Å². The quantitative estimate of drug-likeness (QED) is 0.756. The molecule has 1 aromatic carbocycles.